The van der Waals surface area contributed by atoms with Crippen molar-refractivity contribution in [2.45, 2.75) is 25.9 Å². The lowest BCUT2D eigenvalue weighted by molar-refractivity contribution is 0.307. The Kier molecular flexibility index (Phi) is 2.89. The topological polar surface area (TPSA) is 42.4 Å². The van der Waals surface area contributed by atoms with Crippen molar-refractivity contribution in [1.29, 1.82) is 0 Å². The summed E-state index contributed by atoms with van der Waals surface area (Å²) < 4.78 is 5.05. The number of hydrogen-bond acceptors (Lipinski definition) is 3. The molecule has 3 nitrogen and oxygen atoms in total. The number of furan rings is 1. The number of nitrogens with zero attached hydrogens (tertiary/aromatic N) is 1. The van der Waals surface area contributed by atoms with E-state index in [2.05, 4.69) is 11.8 Å². The van der Waals surface area contributed by atoms with E-state index in [0.717, 1.165) is 19.6 Å². The van der Waals surface area contributed by atoms with Crippen LogP contribution < -0.4 is 5.73 Å². The molecule has 1 aliphatic heterocycles. The normalized spacial score (nSPS) is 25.4. The molecule has 2 heterocycles. The third kappa shape index (κ3) is 2.16. The van der Waals surface area contributed by atoms with Gasteiger partial charge in [-0.15, -0.1) is 0 Å². The summed E-state index contributed by atoms with van der Waals surface area (Å²) in [5.41, 5.74) is 7.15. The van der Waals surface area contributed by atoms with Crippen LogP contribution in [0.2, 0.25) is 0 Å². The van der Waals surface area contributed by atoms with Crippen molar-refractivity contribution in [3.63, 3.8) is 0 Å². The van der Waals surface area contributed by atoms with Gasteiger partial charge in [-0.05, 0) is 31.9 Å². The average molecular weight is 194 g/mol. The third-order valence-corrected chi connectivity index (χ3v) is 3.04. The molecule has 1 saturated heterocycles. The van der Waals surface area contributed by atoms with E-state index in [4.69, 9.17) is 10.2 Å². The van der Waals surface area contributed by atoms with Gasteiger partial charge in [0.05, 0.1) is 12.5 Å². The Bertz CT molecular complexity index is 269. The summed E-state index contributed by atoms with van der Waals surface area (Å²) in [5, 5.41) is 0. The Morgan fingerprint density at radius 1 is 1.71 bits per heavy atom. The SMILES string of the molecule is CC(N)C1CCN(Cc2ccoc2)C1. The van der Waals surface area contributed by atoms with Gasteiger partial charge in [-0.2, -0.15) is 0 Å². The lowest BCUT2D eigenvalue weighted by atomic mass is 10.0. The summed E-state index contributed by atoms with van der Waals surface area (Å²) in [6.07, 6.45) is 4.78. The van der Waals surface area contributed by atoms with Gasteiger partial charge < -0.3 is 10.2 Å². The van der Waals surface area contributed by atoms with Crippen molar-refractivity contribution in [2.24, 2.45) is 11.7 Å². The molecule has 0 saturated carbocycles. The molecule has 0 amide bonds. The molecular weight excluding hydrogens is 176 g/mol. The van der Waals surface area contributed by atoms with Crippen molar-refractivity contribution in [3.8, 4) is 0 Å². The zero-order chi connectivity index (χ0) is 9.97. The van der Waals surface area contributed by atoms with Crippen LogP contribution in [0.25, 0.3) is 0 Å². The Labute approximate surface area is 84.9 Å². The minimum Gasteiger partial charge on any atom is -0.472 e. The Morgan fingerprint density at radius 3 is 3.14 bits per heavy atom. The molecule has 0 aliphatic carbocycles. The highest BCUT2D eigenvalue weighted by molar-refractivity contribution is 5.05. The summed E-state index contributed by atoms with van der Waals surface area (Å²) in [4.78, 5) is 2.44. The van der Waals surface area contributed by atoms with E-state index in [0.29, 0.717) is 12.0 Å². The maximum absolute atomic E-state index is 5.89. The number of hydrogen-bond donors (Lipinski definition) is 1. The Balaban J connectivity index is 1.84. The summed E-state index contributed by atoms with van der Waals surface area (Å²) >= 11 is 0. The number of rotatable bonds is 3. The third-order valence-electron chi connectivity index (χ3n) is 3.04. The van der Waals surface area contributed by atoms with Gasteiger partial charge in [-0.25, -0.2) is 0 Å². The largest absolute Gasteiger partial charge is 0.472 e. The molecular formula is C11H18N2O. The smallest absolute Gasteiger partial charge is 0.0947 e. The summed E-state index contributed by atoms with van der Waals surface area (Å²) in [7, 11) is 0. The fraction of sp³-hybridized carbons (Fsp3) is 0.636. The van der Waals surface area contributed by atoms with Gasteiger partial charge >= 0.3 is 0 Å². The molecule has 3 heteroatoms. The molecule has 0 aromatic carbocycles. The minimum absolute atomic E-state index is 0.323. The first-order valence-electron chi connectivity index (χ1n) is 5.24. The predicted octanol–water partition coefficient (Wildman–Crippen LogP) is 1.45. The van der Waals surface area contributed by atoms with Gasteiger partial charge in [0, 0.05) is 24.7 Å². The molecule has 2 rings (SSSR count). The lowest BCUT2D eigenvalue weighted by Crippen LogP contribution is -2.29. The van der Waals surface area contributed by atoms with Crippen LogP contribution in [0.1, 0.15) is 18.9 Å². The van der Waals surface area contributed by atoms with Gasteiger partial charge in [0.25, 0.3) is 0 Å². The predicted molar refractivity (Wildman–Crippen MR) is 55.7 cm³/mol. The quantitative estimate of drug-likeness (QED) is 0.792. The summed E-state index contributed by atoms with van der Waals surface area (Å²) in [5.74, 6) is 0.668. The first kappa shape index (κ1) is 9.74. The zero-order valence-corrected chi connectivity index (χ0v) is 8.65. The lowest BCUT2D eigenvalue weighted by Gasteiger charge is -2.16. The number of nitrogens with two attached hydrogens (primary N) is 1. The average Bonchev–Trinajstić information content (AvgIpc) is 2.75. The van der Waals surface area contributed by atoms with Crippen LogP contribution in [0.15, 0.2) is 23.0 Å². The maximum Gasteiger partial charge on any atom is 0.0947 e. The van der Waals surface area contributed by atoms with Crippen LogP contribution in [0.5, 0.6) is 0 Å². The standard InChI is InChI=1S/C11H18N2O/c1-9(12)11-2-4-13(7-11)6-10-3-5-14-8-10/h3,5,8-9,11H,2,4,6-7,12H2,1H3. The van der Waals surface area contributed by atoms with Crippen LogP contribution in [0, 0.1) is 5.92 Å². The van der Waals surface area contributed by atoms with Crippen LogP contribution in [-0.4, -0.2) is 24.0 Å². The molecule has 78 valence electrons. The van der Waals surface area contributed by atoms with E-state index in [1.54, 1.807) is 6.26 Å². The number of likely N-dealkylation sites (tertiary alicyclic amines) is 1. The maximum atomic E-state index is 5.89. The van der Waals surface area contributed by atoms with E-state index in [1.807, 2.05) is 12.3 Å². The highest BCUT2D eigenvalue weighted by Crippen LogP contribution is 2.20. The highest BCUT2D eigenvalue weighted by Gasteiger charge is 2.24. The molecule has 0 bridgehead atoms. The van der Waals surface area contributed by atoms with Crippen LogP contribution in [0.3, 0.4) is 0 Å². The fourth-order valence-electron chi connectivity index (χ4n) is 2.08. The van der Waals surface area contributed by atoms with Crippen molar-refractivity contribution in [3.05, 3.63) is 24.2 Å². The monoisotopic (exact) mass is 194 g/mol. The van der Waals surface area contributed by atoms with Crippen LogP contribution in [0.4, 0.5) is 0 Å². The minimum atomic E-state index is 0.323. The fourth-order valence-corrected chi connectivity index (χ4v) is 2.08. The molecule has 2 unspecified atom stereocenters. The van der Waals surface area contributed by atoms with Crippen LogP contribution in [-0.2, 0) is 6.54 Å². The molecule has 1 aromatic rings. The van der Waals surface area contributed by atoms with Gasteiger partial charge in [0.1, 0.15) is 0 Å². The van der Waals surface area contributed by atoms with Gasteiger partial charge in [0.2, 0.25) is 0 Å². The molecule has 1 aromatic heterocycles. The van der Waals surface area contributed by atoms with Crippen molar-refractivity contribution < 1.29 is 4.42 Å². The summed E-state index contributed by atoms with van der Waals surface area (Å²) in [6.45, 7) is 5.39. The van der Waals surface area contributed by atoms with Gasteiger partial charge in [0.15, 0.2) is 0 Å². The van der Waals surface area contributed by atoms with Crippen molar-refractivity contribution in [2.75, 3.05) is 13.1 Å². The zero-order valence-electron chi connectivity index (χ0n) is 8.65. The molecule has 14 heavy (non-hydrogen) atoms. The second-order valence-corrected chi connectivity index (χ2v) is 4.27. The molecule has 0 radical (unpaired) electrons. The first-order chi connectivity index (χ1) is 6.75. The van der Waals surface area contributed by atoms with E-state index >= 15 is 0 Å². The van der Waals surface area contributed by atoms with Crippen LogP contribution >= 0.6 is 0 Å². The van der Waals surface area contributed by atoms with Gasteiger partial charge in [-0.3, -0.25) is 4.90 Å². The highest BCUT2D eigenvalue weighted by atomic mass is 16.3. The second kappa shape index (κ2) is 4.15. The molecule has 0 spiro atoms. The van der Waals surface area contributed by atoms with Crippen molar-refractivity contribution >= 4 is 0 Å². The molecule has 2 atom stereocenters. The Morgan fingerprint density at radius 2 is 2.57 bits per heavy atom. The van der Waals surface area contributed by atoms with Gasteiger partial charge in [-0.1, -0.05) is 0 Å². The Hall–Kier alpha value is -0.800. The van der Waals surface area contributed by atoms with E-state index in [9.17, 15) is 0 Å². The van der Waals surface area contributed by atoms with Crippen molar-refractivity contribution in [1.82, 2.24) is 4.90 Å². The first-order valence-corrected chi connectivity index (χ1v) is 5.24. The summed E-state index contributed by atoms with van der Waals surface area (Å²) in [6, 6.07) is 2.35. The molecule has 1 aliphatic rings. The van der Waals surface area contributed by atoms with E-state index in [-0.39, 0.29) is 0 Å². The molecule has 2 N–H and O–H groups in total. The van der Waals surface area contributed by atoms with E-state index in [1.165, 1.54) is 12.0 Å². The van der Waals surface area contributed by atoms with E-state index < -0.39 is 0 Å². The molecule has 1 fully saturated rings. The second-order valence-electron chi connectivity index (χ2n) is 4.27.